The zero-order valence-electron chi connectivity index (χ0n) is 19.3. The minimum Gasteiger partial charge on any atom is -0.481 e. The number of hydrogen-bond acceptors (Lipinski definition) is 10. The van der Waals surface area contributed by atoms with Crippen molar-refractivity contribution in [2.24, 2.45) is 0 Å². The quantitative estimate of drug-likeness (QED) is 0.396. The molecule has 2 atom stereocenters. The summed E-state index contributed by atoms with van der Waals surface area (Å²) >= 11 is 1.45. The summed E-state index contributed by atoms with van der Waals surface area (Å²) in [5, 5.41) is 16.5. The van der Waals surface area contributed by atoms with Crippen LogP contribution in [-0.4, -0.2) is 76.3 Å². The SMILES string of the molecule is COc1ccc2ncc(=O)n(C[C@H](O)CNC[C@@H]3CN(c4ccc5c(c4)NC(=O)CS5)C(=O)O3)c2n1. The second-order valence-electron chi connectivity index (χ2n) is 8.35. The zero-order chi connectivity index (χ0) is 25.2. The molecule has 3 N–H and O–H groups in total. The molecule has 1 fully saturated rings. The molecule has 0 aliphatic carbocycles. The van der Waals surface area contributed by atoms with Gasteiger partial charge in [0.2, 0.25) is 11.8 Å². The zero-order valence-corrected chi connectivity index (χ0v) is 20.2. The van der Waals surface area contributed by atoms with Crippen LogP contribution in [0.2, 0.25) is 0 Å². The average molecular weight is 513 g/mol. The first-order chi connectivity index (χ1) is 17.4. The number of benzene rings is 1. The van der Waals surface area contributed by atoms with Gasteiger partial charge in [0.1, 0.15) is 11.6 Å². The minimum absolute atomic E-state index is 0.000454. The van der Waals surface area contributed by atoms with Gasteiger partial charge in [0.05, 0.1) is 43.9 Å². The first-order valence-electron chi connectivity index (χ1n) is 11.3. The lowest BCUT2D eigenvalue weighted by atomic mass is 10.2. The third-order valence-corrected chi connectivity index (χ3v) is 6.87. The number of rotatable bonds is 8. The van der Waals surface area contributed by atoms with Gasteiger partial charge in [0, 0.05) is 29.7 Å². The van der Waals surface area contributed by atoms with Crippen LogP contribution in [0.5, 0.6) is 5.88 Å². The number of carbonyl (C=O) groups is 2. The smallest absolute Gasteiger partial charge is 0.414 e. The average Bonchev–Trinajstić information content (AvgIpc) is 3.25. The number of ether oxygens (including phenoxy) is 2. The van der Waals surface area contributed by atoms with E-state index in [0.717, 1.165) is 4.90 Å². The van der Waals surface area contributed by atoms with Crippen LogP contribution in [0.4, 0.5) is 16.2 Å². The predicted octanol–water partition coefficient (Wildman–Crippen LogP) is 0.820. The third-order valence-electron chi connectivity index (χ3n) is 5.80. The van der Waals surface area contributed by atoms with E-state index in [0.29, 0.717) is 47.3 Å². The van der Waals surface area contributed by atoms with E-state index in [1.54, 1.807) is 18.2 Å². The molecule has 0 radical (unpaired) electrons. The van der Waals surface area contributed by atoms with Gasteiger partial charge in [-0.25, -0.2) is 9.78 Å². The second-order valence-corrected chi connectivity index (χ2v) is 9.37. The Balaban J connectivity index is 1.17. The van der Waals surface area contributed by atoms with Gasteiger partial charge in [-0.05, 0) is 24.3 Å². The third kappa shape index (κ3) is 4.98. The highest BCUT2D eigenvalue weighted by Crippen LogP contribution is 2.35. The van der Waals surface area contributed by atoms with Crippen LogP contribution >= 0.6 is 11.8 Å². The van der Waals surface area contributed by atoms with Gasteiger partial charge in [0.25, 0.3) is 5.56 Å². The number of pyridine rings is 1. The molecule has 0 spiro atoms. The molecule has 4 heterocycles. The minimum atomic E-state index is -0.906. The lowest BCUT2D eigenvalue weighted by Gasteiger charge is -2.20. The summed E-state index contributed by atoms with van der Waals surface area (Å²) < 4.78 is 11.9. The molecule has 0 saturated carbocycles. The van der Waals surface area contributed by atoms with Gasteiger partial charge >= 0.3 is 6.09 Å². The number of aliphatic hydroxyl groups is 1. The van der Waals surface area contributed by atoms with Crippen molar-refractivity contribution in [1.82, 2.24) is 19.9 Å². The molecular weight excluding hydrogens is 488 g/mol. The first-order valence-corrected chi connectivity index (χ1v) is 12.2. The Morgan fingerprint density at radius 3 is 3.00 bits per heavy atom. The van der Waals surface area contributed by atoms with Crippen LogP contribution in [-0.2, 0) is 16.1 Å². The Morgan fingerprint density at radius 2 is 2.17 bits per heavy atom. The summed E-state index contributed by atoms with van der Waals surface area (Å²) in [6.45, 7) is 0.797. The lowest BCUT2D eigenvalue weighted by Crippen LogP contribution is -2.38. The largest absolute Gasteiger partial charge is 0.481 e. The van der Waals surface area contributed by atoms with Crippen molar-refractivity contribution in [2.75, 3.05) is 42.7 Å². The van der Waals surface area contributed by atoms with E-state index < -0.39 is 18.3 Å². The first kappa shape index (κ1) is 24.0. The molecule has 188 valence electrons. The topological polar surface area (TPSA) is 148 Å². The van der Waals surface area contributed by atoms with Crippen LogP contribution in [0.15, 0.2) is 46.2 Å². The standard InChI is InChI=1S/C23H24N6O6S/c1-34-20-5-3-16-22(27-20)29(21(32)9-25-16)10-14(30)7-24-8-15-11-28(23(33)35-15)13-2-4-18-17(6-13)26-19(31)12-36-18/h2-6,9,14-15,24,30H,7-8,10-12H2,1H3,(H,26,31)/t14-,15-/m1/s1. The van der Waals surface area contributed by atoms with Crippen LogP contribution < -0.4 is 25.8 Å². The van der Waals surface area contributed by atoms with Gasteiger partial charge in [-0.1, -0.05) is 0 Å². The second kappa shape index (κ2) is 10.1. The molecule has 2 aliphatic heterocycles. The Bertz CT molecular complexity index is 1380. The predicted molar refractivity (Wildman–Crippen MR) is 133 cm³/mol. The number of hydrogen-bond donors (Lipinski definition) is 3. The molecule has 2 aromatic heterocycles. The summed E-state index contributed by atoms with van der Waals surface area (Å²) in [4.78, 5) is 47.3. The van der Waals surface area contributed by atoms with E-state index in [2.05, 4.69) is 20.6 Å². The van der Waals surface area contributed by atoms with Crippen molar-refractivity contribution in [3.05, 3.63) is 46.9 Å². The Kier molecular flexibility index (Phi) is 6.76. The van der Waals surface area contributed by atoms with Crippen LogP contribution in [0, 0.1) is 0 Å². The molecule has 5 rings (SSSR count). The molecule has 0 unspecified atom stereocenters. The molecule has 3 aromatic rings. The Morgan fingerprint density at radius 1 is 1.31 bits per heavy atom. The van der Waals surface area contributed by atoms with Gasteiger partial charge in [-0.15, -0.1) is 11.8 Å². The molecule has 2 aliphatic rings. The molecule has 12 nitrogen and oxygen atoms in total. The number of carbonyl (C=O) groups excluding carboxylic acids is 2. The van der Waals surface area contributed by atoms with Gasteiger partial charge < -0.3 is 25.2 Å². The number of methoxy groups -OCH3 is 1. The van der Waals surface area contributed by atoms with Crippen molar-refractivity contribution in [1.29, 1.82) is 0 Å². The molecule has 0 bridgehead atoms. The van der Waals surface area contributed by atoms with Crippen LogP contribution in [0.25, 0.3) is 11.2 Å². The number of anilines is 2. The fourth-order valence-electron chi connectivity index (χ4n) is 4.08. The highest BCUT2D eigenvalue weighted by atomic mass is 32.2. The monoisotopic (exact) mass is 512 g/mol. The maximum absolute atomic E-state index is 12.4. The van der Waals surface area contributed by atoms with Crippen molar-refractivity contribution in [3.63, 3.8) is 0 Å². The van der Waals surface area contributed by atoms with Crippen molar-refractivity contribution in [2.45, 2.75) is 23.6 Å². The number of cyclic esters (lactones) is 1. The van der Waals surface area contributed by atoms with Crippen molar-refractivity contribution in [3.8, 4) is 5.88 Å². The van der Waals surface area contributed by atoms with Crippen molar-refractivity contribution < 1.29 is 24.2 Å². The summed E-state index contributed by atoms with van der Waals surface area (Å²) in [5.74, 6) is 0.629. The van der Waals surface area contributed by atoms with E-state index in [9.17, 15) is 19.5 Å². The van der Waals surface area contributed by atoms with Gasteiger partial charge in [-0.2, -0.15) is 4.98 Å². The lowest BCUT2D eigenvalue weighted by molar-refractivity contribution is -0.113. The summed E-state index contributed by atoms with van der Waals surface area (Å²) in [5.41, 5.74) is 1.75. The number of aromatic nitrogens is 3. The Labute approximate surface area is 209 Å². The normalized spacial score (nSPS) is 18.1. The molecular formula is C23H24N6O6S. The molecule has 1 aromatic carbocycles. The number of nitrogens with one attached hydrogen (secondary N) is 2. The molecule has 2 amide bonds. The van der Waals surface area contributed by atoms with Gasteiger partial charge in [0.15, 0.2) is 5.65 Å². The Hall–Kier alpha value is -3.68. The van der Waals surface area contributed by atoms with E-state index >= 15 is 0 Å². The van der Waals surface area contributed by atoms with Crippen LogP contribution in [0.3, 0.4) is 0 Å². The van der Waals surface area contributed by atoms with Crippen molar-refractivity contribution >= 4 is 46.3 Å². The summed E-state index contributed by atoms with van der Waals surface area (Å²) in [7, 11) is 1.48. The van der Waals surface area contributed by atoms with E-state index in [4.69, 9.17) is 9.47 Å². The number of fused-ring (bicyclic) bond motifs is 2. The number of nitrogens with zero attached hydrogens (tertiary/aromatic N) is 4. The van der Waals surface area contributed by atoms with E-state index in [1.807, 2.05) is 12.1 Å². The number of aliphatic hydroxyl groups excluding tert-OH is 1. The number of thioether (sulfide) groups is 1. The number of amides is 2. The van der Waals surface area contributed by atoms with Crippen LogP contribution in [0.1, 0.15) is 0 Å². The molecule has 1 saturated heterocycles. The summed E-state index contributed by atoms with van der Waals surface area (Å²) in [6, 6.07) is 8.80. The van der Waals surface area contributed by atoms with Gasteiger partial charge in [-0.3, -0.25) is 19.1 Å². The highest BCUT2D eigenvalue weighted by Gasteiger charge is 2.33. The fraction of sp³-hybridized carbons (Fsp3) is 0.348. The van der Waals surface area contributed by atoms with E-state index in [1.165, 1.54) is 34.5 Å². The highest BCUT2D eigenvalue weighted by molar-refractivity contribution is 8.00. The van der Waals surface area contributed by atoms with E-state index in [-0.39, 0.29) is 24.6 Å². The molecule has 13 heteroatoms. The summed E-state index contributed by atoms with van der Waals surface area (Å²) in [6.07, 6.45) is -0.628. The maximum atomic E-state index is 12.4. The maximum Gasteiger partial charge on any atom is 0.414 e. The molecule has 36 heavy (non-hydrogen) atoms. The fourth-order valence-corrected chi connectivity index (χ4v) is 4.86.